The van der Waals surface area contributed by atoms with Crippen LogP contribution >= 0.6 is 11.3 Å². The molecule has 1 nitrogen and oxygen atoms in total. The smallest absolute Gasteiger partial charge is 0.138 e. The van der Waals surface area contributed by atoms with E-state index in [4.69, 9.17) is 4.74 Å². The molecule has 0 spiro atoms. The first-order valence-corrected chi connectivity index (χ1v) is 4.70. The highest BCUT2D eigenvalue weighted by Crippen LogP contribution is 2.24. The summed E-state index contributed by atoms with van der Waals surface area (Å²) in [6.45, 7) is 0. The first kappa shape index (κ1) is 9.15. The van der Waals surface area contributed by atoms with E-state index in [-0.39, 0.29) is 5.75 Å². The summed E-state index contributed by atoms with van der Waals surface area (Å²) in [6.07, 6.45) is 0. The van der Waals surface area contributed by atoms with Crippen LogP contribution in [-0.4, -0.2) is 0 Å². The van der Waals surface area contributed by atoms with E-state index < -0.39 is 11.6 Å². The summed E-state index contributed by atoms with van der Waals surface area (Å²) in [5, 5.41) is 4.51. The number of ether oxygens (including phenoxy) is 1. The fourth-order valence-electron chi connectivity index (χ4n) is 0.995. The molecule has 0 saturated heterocycles. The zero-order chi connectivity index (χ0) is 9.97. The molecule has 1 radical (unpaired) electrons. The van der Waals surface area contributed by atoms with Crippen LogP contribution in [0.4, 0.5) is 8.78 Å². The number of benzene rings is 1. The summed E-state index contributed by atoms with van der Waals surface area (Å²) < 4.78 is 30.6. The average Bonchev–Trinajstić information content (AvgIpc) is 2.54. The lowest BCUT2D eigenvalue weighted by Gasteiger charge is -2.02. The minimum atomic E-state index is -0.654. The van der Waals surface area contributed by atoms with Gasteiger partial charge in [0, 0.05) is 35.0 Å². The van der Waals surface area contributed by atoms with E-state index >= 15 is 0 Å². The minimum absolute atomic E-state index is 0.148. The van der Waals surface area contributed by atoms with Crippen LogP contribution in [0.3, 0.4) is 0 Å². The molecule has 0 aliphatic carbocycles. The Labute approximate surface area is 83.6 Å². The van der Waals surface area contributed by atoms with Crippen molar-refractivity contribution < 1.29 is 13.5 Å². The van der Waals surface area contributed by atoms with Crippen LogP contribution in [0.15, 0.2) is 29.6 Å². The minimum Gasteiger partial charge on any atom is -0.456 e. The molecular weight excluding hydrogens is 206 g/mol. The maximum absolute atomic E-state index is 12.7. The van der Waals surface area contributed by atoms with Crippen LogP contribution in [0.25, 0.3) is 0 Å². The largest absolute Gasteiger partial charge is 0.456 e. The monoisotopic (exact) mass is 211 g/mol. The van der Waals surface area contributed by atoms with Gasteiger partial charge in [-0.25, -0.2) is 8.78 Å². The Morgan fingerprint density at radius 3 is 2.36 bits per heavy atom. The van der Waals surface area contributed by atoms with Crippen LogP contribution in [0.5, 0.6) is 11.5 Å². The predicted molar refractivity (Wildman–Crippen MR) is 49.6 cm³/mol. The van der Waals surface area contributed by atoms with Crippen LogP contribution < -0.4 is 4.74 Å². The van der Waals surface area contributed by atoms with E-state index in [9.17, 15) is 8.78 Å². The highest BCUT2D eigenvalue weighted by molar-refractivity contribution is 7.07. The standard InChI is InChI=1S/C10H5F2OS/c11-7-3-8(12)5-10(4-7)13-9-1-2-14-6-9/h1,3-6H. The SMILES string of the molecule is Fc1cc(F)cc(Oc2c[c]sc2)c1. The van der Waals surface area contributed by atoms with Crippen molar-refractivity contribution in [2.75, 3.05) is 0 Å². The molecule has 2 rings (SSSR count). The van der Waals surface area contributed by atoms with Crippen LogP contribution in [0, 0.1) is 17.0 Å². The van der Waals surface area contributed by atoms with Crippen molar-refractivity contribution in [3.63, 3.8) is 0 Å². The summed E-state index contributed by atoms with van der Waals surface area (Å²) in [5.74, 6) is -0.632. The molecule has 0 atom stereocenters. The Hall–Kier alpha value is -1.42. The van der Waals surface area contributed by atoms with E-state index in [1.807, 2.05) is 0 Å². The number of halogens is 2. The van der Waals surface area contributed by atoms with Gasteiger partial charge in [-0.1, -0.05) is 0 Å². The molecule has 0 aliphatic rings. The van der Waals surface area contributed by atoms with Gasteiger partial charge in [0.2, 0.25) is 0 Å². The number of rotatable bonds is 2. The van der Waals surface area contributed by atoms with Crippen molar-refractivity contribution in [1.82, 2.24) is 0 Å². The first-order chi connectivity index (χ1) is 6.74. The molecule has 0 amide bonds. The molecule has 0 aliphatic heterocycles. The Balaban J connectivity index is 2.25. The fourth-order valence-corrected chi connectivity index (χ4v) is 1.48. The summed E-state index contributed by atoms with van der Waals surface area (Å²) in [7, 11) is 0. The number of hydrogen-bond acceptors (Lipinski definition) is 2. The fraction of sp³-hybridized carbons (Fsp3) is 0. The van der Waals surface area contributed by atoms with Gasteiger partial charge >= 0.3 is 0 Å². The number of thiophene rings is 1. The normalized spacial score (nSPS) is 10.1. The van der Waals surface area contributed by atoms with Crippen LogP contribution in [0.1, 0.15) is 0 Å². The van der Waals surface area contributed by atoms with Gasteiger partial charge in [-0.15, -0.1) is 11.3 Å². The van der Waals surface area contributed by atoms with Gasteiger partial charge in [0.25, 0.3) is 0 Å². The van der Waals surface area contributed by atoms with Crippen molar-refractivity contribution in [3.05, 3.63) is 46.7 Å². The molecule has 1 aromatic carbocycles. The molecular formula is C10H5F2OS. The Morgan fingerprint density at radius 1 is 1.07 bits per heavy atom. The summed E-state index contributed by atoms with van der Waals surface area (Å²) in [5.41, 5.74) is 0. The van der Waals surface area contributed by atoms with Crippen molar-refractivity contribution in [2.24, 2.45) is 0 Å². The molecule has 1 heterocycles. The Kier molecular flexibility index (Phi) is 2.45. The third-order valence-electron chi connectivity index (χ3n) is 1.52. The maximum atomic E-state index is 12.7. The van der Waals surface area contributed by atoms with Gasteiger partial charge in [0.1, 0.15) is 23.1 Å². The molecule has 14 heavy (non-hydrogen) atoms. The van der Waals surface area contributed by atoms with Gasteiger partial charge < -0.3 is 4.74 Å². The van der Waals surface area contributed by atoms with E-state index in [0.29, 0.717) is 5.75 Å². The van der Waals surface area contributed by atoms with E-state index in [0.717, 1.165) is 18.2 Å². The molecule has 0 saturated carbocycles. The lowest BCUT2D eigenvalue weighted by Crippen LogP contribution is -1.85. The number of hydrogen-bond donors (Lipinski definition) is 0. The summed E-state index contributed by atoms with van der Waals surface area (Å²) in [4.78, 5) is 0. The first-order valence-electron chi connectivity index (χ1n) is 3.82. The molecule has 4 heteroatoms. The van der Waals surface area contributed by atoms with Crippen molar-refractivity contribution >= 4 is 11.3 Å². The maximum Gasteiger partial charge on any atom is 0.138 e. The Morgan fingerprint density at radius 2 is 1.79 bits per heavy atom. The van der Waals surface area contributed by atoms with Crippen molar-refractivity contribution in [3.8, 4) is 11.5 Å². The zero-order valence-electron chi connectivity index (χ0n) is 6.96. The summed E-state index contributed by atoms with van der Waals surface area (Å²) >= 11 is 1.33. The molecule has 0 unspecified atom stereocenters. The molecule has 0 bridgehead atoms. The van der Waals surface area contributed by atoms with Gasteiger partial charge in [0.05, 0.1) is 0 Å². The van der Waals surface area contributed by atoms with E-state index in [1.165, 1.54) is 11.3 Å². The molecule has 0 N–H and O–H groups in total. The lowest BCUT2D eigenvalue weighted by molar-refractivity contribution is 0.470. The Bertz CT molecular complexity index is 405. The van der Waals surface area contributed by atoms with Crippen LogP contribution in [0.2, 0.25) is 0 Å². The second-order valence-corrected chi connectivity index (χ2v) is 3.31. The van der Waals surface area contributed by atoms with Gasteiger partial charge in [-0.2, -0.15) is 0 Å². The predicted octanol–water partition coefficient (Wildman–Crippen LogP) is 3.62. The van der Waals surface area contributed by atoms with Gasteiger partial charge in [-0.05, 0) is 0 Å². The quantitative estimate of drug-likeness (QED) is 0.737. The second-order valence-electron chi connectivity index (χ2n) is 2.61. The van der Waals surface area contributed by atoms with Gasteiger partial charge in [-0.3, -0.25) is 0 Å². The van der Waals surface area contributed by atoms with Crippen LogP contribution in [-0.2, 0) is 0 Å². The second kappa shape index (κ2) is 3.75. The zero-order valence-corrected chi connectivity index (χ0v) is 7.78. The van der Waals surface area contributed by atoms with Crippen molar-refractivity contribution in [2.45, 2.75) is 0 Å². The average molecular weight is 211 g/mol. The molecule has 1 aromatic heterocycles. The third-order valence-corrected chi connectivity index (χ3v) is 2.12. The highest BCUT2D eigenvalue weighted by Gasteiger charge is 2.02. The lowest BCUT2D eigenvalue weighted by atomic mass is 10.3. The third kappa shape index (κ3) is 2.09. The topological polar surface area (TPSA) is 9.23 Å². The molecule has 0 fully saturated rings. The van der Waals surface area contributed by atoms with E-state index in [1.54, 1.807) is 11.4 Å². The highest BCUT2D eigenvalue weighted by atomic mass is 32.1. The molecule has 2 aromatic rings. The van der Waals surface area contributed by atoms with E-state index in [2.05, 4.69) is 5.38 Å². The molecule has 71 valence electrons. The summed E-state index contributed by atoms with van der Waals surface area (Å²) in [6, 6.07) is 4.65. The van der Waals surface area contributed by atoms with Crippen molar-refractivity contribution in [1.29, 1.82) is 0 Å². The van der Waals surface area contributed by atoms with Gasteiger partial charge in [0.15, 0.2) is 0 Å².